The number of carbonyl (C=O) groups is 1. The lowest BCUT2D eigenvalue weighted by atomic mass is 9.98. The normalized spacial score (nSPS) is 13.8. The van der Waals surface area contributed by atoms with Crippen molar-refractivity contribution in [1.29, 1.82) is 0 Å². The fourth-order valence-electron chi connectivity index (χ4n) is 2.39. The number of halogens is 2. The van der Waals surface area contributed by atoms with Gasteiger partial charge in [0.25, 0.3) is 0 Å². The molecule has 0 spiro atoms. The van der Waals surface area contributed by atoms with Crippen LogP contribution in [0.15, 0.2) is 49.7 Å². The van der Waals surface area contributed by atoms with E-state index in [0.717, 1.165) is 14.5 Å². The number of rotatable bonds is 3. The van der Waals surface area contributed by atoms with Crippen molar-refractivity contribution in [3.8, 4) is 0 Å². The van der Waals surface area contributed by atoms with Crippen LogP contribution >= 0.6 is 31.9 Å². The summed E-state index contributed by atoms with van der Waals surface area (Å²) in [4.78, 5) is 13.1. The van der Waals surface area contributed by atoms with Crippen LogP contribution in [0.4, 0.5) is 0 Å². The molecule has 1 heterocycles. The van der Waals surface area contributed by atoms with Crippen LogP contribution < -0.4 is 0 Å². The summed E-state index contributed by atoms with van der Waals surface area (Å²) in [6.07, 6.45) is -1.02. The highest BCUT2D eigenvalue weighted by Crippen LogP contribution is 2.34. The zero-order valence-electron chi connectivity index (χ0n) is 14.4. The average molecular weight is 440 g/mol. The molecule has 0 saturated carbocycles. The number of hydrogen-bond acceptors (Lipinski definition) is 3. The van der Waals surface area contributed by atoms with E-state index < -0.39 is 6.10 Å². The predicted octanol–water partition coefficient (Wildman–Crippen LogP) is 5.55. The Labute approximate surface area is 153 Å². The van der Waals surface area contributed by atoms with Crippen molar-refractivity contribution < 1.29 is 17.1 Å². The fourth-order valence-corrected chi connectivity index (χ4v) is 3.57. The molecule has 0 radical (unpaired) electrons. The van der Waals surface area contributed by atoms with Crippen molar-refractivity contribution in [2.45, 2.75) is 20.0 Å². The monoisotopic (exact) mass is 438 g/mol. The molecule has 3 nitrogen and oxygen atoms in total. The molecule has 0 aliphatic carbocycles. The van der Waals surface area contributed by atoms with Crippen LogP contribution in [0.25, 0.3) is 11.0 Å². The van der Waals surface area contributed by atoms with Gasteiger partial charge in [0.1, 0.15) is 17.4 Å². The Hall–Kier alpha value is -1.43. The summed E-state index contributed by atoms with van der Waals surface area (Å²) in [5.74, 6) is -0.229. The third-order valence-electron chi connectivity index (χ3n) is 3.64. The molecule has 0 aliphatic rings. The van der Waals surface area contributed by atoms with Gasteiger partial charge in [0, 0.05) is 19.9 Å². The van der Waals surface area contributed by atoms with Crippen molar-refractivity contribution in [3.05, 3.63) is 67.7 Å². The van der Waals surface area contributed by atoms with Crippen molar-refractivity contribution in [2.75, 3.05) is 0 Å². The topological polar surface area (TPSA) is 50.4 Å². The molecule has 3 rings (SSSR count). The second-order valence-electron chi connectivity index (χ2n) is 5.25. The number of hydrogen-bond donors (Lipinski definition) is 1. The number of aliphatic hydroxyl groups excluding tert-OH is 1. The zero-order valence-corrected chi connectivity index (χ0v) is 15.6. The maximum atomic E-state index is 13.1. The third kappa shape index (κ3) is 2.89. The highest BCUT2D eigenvalue weighted by Gasteiger charge is 2.25. The molecule has 23 heavy (non-hydrogen) atoms. The SMILES string of the molecule is [2H]c1cc([2H])c2oc(C(C)O)c(C(=O)c3cc(Br)c(C)c(Br)c3)c2c1. The summed E-state index contributed by atoms with van der Waals surface area (Å²) < 4.78 is 23.0. The largest absolute Gasteiger partial charge is 0.458 e. The molecule has 118 valence electrons. The van der Waals surface area contributed by atoms with Gasteiger partial charge >= 0.3 is 0 Å². The summed E-state index contributed by atoms with van der Waals surface area (Å²) in [6, 6.07) is 6.35. The Balaban J connectivity index is 2.30. The van der Waals surface area contributed by atoms with Gasteiger partial charge in [-0.2, -0.15) is 0 Å². The minimum Gasteiger partial charge on any atom is -0.458 e. The molecular weight excluding hydrogens is 424 g/mol. The lowest BCUT2D eigenvalue weighted by Crippen LogP contribution is -2.06. The second kappa shape index (κ2) is 6.23. The summed E-state index contributed by atoms with van der Waals surface area (Å²) in [5.41, 5.74) is 1.76. The molecule has 0 amide bonds. The van der Waals surface area contributed by atoms with E-state index in [2.05, 4.69) is 31.9 Å². The molecule has 0 fully saturated rings. The van der Waals surface area contributed by atoms with Crippen molar-refractivity contribution in [1.82, 2.24) is 0 Å². The predicted molar refractivity (Wildman–Crippen MR) is 96.9 cm³/mol. The number of benzene rings is 2. The van der Waals surface area contributed by atoms with Gasteiger partial charge < -0.3 is 9.52 Å². The summed E-state index contributed by atoms with van der Waals surface area (Å²) in [6.45, 7) is 3.41. The lowest BCUT2D eigenvalue weighted by Gasteiger charge is -2.08. The number of ketones is 1. The van der Waals surface area contributed by atoms with Crippen LogP contribution in [0, 0.1) is 6.92 Å². The third-order valence-corrected chi connectivity index (χ3v) is 5.28. The minimum absolute atomic E-state index is 0.00900. The average Bonchev–Trinajstić information content (AvgIpc) is 2.91. The Kier molecular flexibility index (Phi) is 3.78. The fraction of sp³-hybridized carbons (Fsp3) is 0.167. The van der Waals surface area contributed by atoms with Gasteiger partial charge in [-0.05, 0) is 37.6 Å². The highest BCUT2D eigenvalue weighted by molar-refractivity contribution is 9.11. The van der Waals surface area contributed by atoms with E-state index in [-0.39, 0.29) is 34.8 Å². The van der Waals surface area contributed by atoms with Gasteiger partial charge in [-0.15, -0.1) is 0 Å². The number of fused-ring (bicyclic) bond motifs is 1. The van der Waals surface area contributed by atoms with Gasteiger partial charge in [0.15, 0.2) is 5.78 Å². The first-order valence-electron chi connectivity index (χ1n) is 7.92. The molecule has 3 aromatic rings. The molecule has 1 atom stereocenters. The van der Waals surface area contributed by atoms with Gasteiger partial charge in [-0.1, -0.05) is 50.0 Å². The Morgan fingerprint density at radius 3 is 2.61 bits per heavy atom. The molecule has 2 aromatic carbocycles. The molecule has 1 unspecified atom stereocenters. The highest BCUT2D eigenvalue weighted by atomic mass is 79.9. The van der Waals surface area contributed by atoms with E-state index in [9.17, 15) is 9.90 Å². The first kappa shape index (κ1) is 14.0. The summed E-state index contributed by atoms with van der Waals surface area (Å²) >= 11 is 6.87. The van der Waals surface area contributed by atoms with Crippen molar-refractivity contribution in [3.63, 3.8) is 0 Å². The van der Waals surface area contributed by atoms with Crippen LogP contribution in [0.5, 0.6) is 0 Å². The minimum atomic E-state index is -1.02. The van der Waals surface area contributed by atoms with E-state index in [1.807, 2.05) is 6.92 Å². The summed E-state index contributed by atoms with van der Waals surface area (Å²) in [5, 5.41) is 10.4. The van der Waals surface area contributed by atoms with Crippen LogP contribution in [0.3, 0.4) is 0 Å². The molecule has 0 saturated heterocycles. The quantitative estimate of drug-likeness (QED) is 0.544. The zero-order chi connectivity index (χ0) is 18.5. The smallest absolute Gasteiger partial charge is 0.197 e. The van der Waals surface area contributed by atoms with Gasteiger partial charge in [-0.25, -0.2) is 0 Å². The van der Waals surface area contributed by atoms with Gasteiger partial charge in [-0.3, -0.25) is 4.79 Å². The van der Waals surface area contributed by atoms with E-state index in [1.165, 1.54) is 19.1 Å². The van der Waals surface area contributed by atoms with E-state index in [0.29, 0.717) is 10.9 Å². The number of furan rings is 1. The number of carbonyl (C=O) groups excluding carboxylic acids is 1. The Bertz CT molecular complexity index is 986. The second-order valence-corrected chi connectivity index (χ2v) is 6.96. The first-order chi connectivity index (χ1) is 11.7. The van der Waals surface area contributed by atoms with E-state index >= 15 is 0 Å². The van der Waals surface area contributed by atoms with Gasteiger partial charge in [0.2, 0.25) is 0 Å². The standard InChI is InChI=1S/C18H14Br2O3/c1-9-13(19)7-11(8-14(9)20)17(22)16-12-5-3-4-6-15(12)23-18(16)10(2)21/h3-8,10,21H,1-2H3/i3D,6D. The molecule has 0 aliphatic heterocycles. The molecular formula is C18H14Br2O3. The molecule has 1 N–H and O–H groups in total. The van der Waals surface area contributed by atoms with Crippen molar-refractivity contribution >= 4 is 48.6 Å². The van der Waals surface area contributed by atoms with Crippen LogP contribution in [0.2, 0.25) is 0 Å². The van der Waals surface area contributed by atoms with E-state index in [1.54, 1.807) is 12.1 Å². The molecule has 5 heteroatoms. The Morgan fingerprint density at radius 2 is 2.00 bits per heavy atom. The van der Waals surface area contributed by atoms with Crippen LogP contribution in [-0.4, -0.2) is 10.9 Å². The lowest BCUT2D eigenvalue weighted by molar-refractivity contribution is 0.102. The number of para-hydroxylation sites is 1. The van der Waals surface area contributed by atoms with E-state index in [4.69, 9.17) is 7.16 Å². The molecule has 0 bridgehead atoms. The number of aliphatic hydroxyl groups is 1. The van der Waals surface area contributed by atoms with Crippen molar-refractivity contribution in [2.24, 2.45) is 0 Å². The molecule has 1 aromatic heterocycles. The maximum Gasteiger partial charge on any atom is 0.197 e. The first-order valence-corrected chi connectivity index (χ1v) is 8.51. The van der Waals surface area contributed by atoms with Crippen LogP contribution in [0.1, 0.15) is 43.0 Å². The maximum absolute atomic E-state index is 13.1. The Morgan fingerprint density at radius 1 is 1.35 bits per heavy atom. The summed E-state index contributed by atoms with van der Waals surface area (Å²) in [7, 11) is 0. The van der Waals surface area contributed by atoms with Gasteiger partial charge in [0.05, 0.1) is 8.30 Å². The van der Waals surface area contributed by atoms with Crippen LogP contribution in [-0.2, 0) is 0 Å².